The Morgan fingerprint density at radius 1 is 1.06 bits per heavy atom. The predicted molar refractivity (Wildman–Crippen MR) is 72.0 cm³/mol. The fourth-order valence-electron chi connectivity index (χ4n) is 2.01. The summed E-state index contributed by atoms with van der Waals surface area (Å²) in [7, 11) is 0. The molecule has 0 aliphatic heterocycles. The maximum Gasteiger partial charge on any atom is 0.304 e. The van der Waals surface area contributed by atoms with E-state index in [9.17, 15) is 4.79 Å². The van der Waals surface area contributed by atoms with Crippen molar-refractivity contribution in [1.29, 1.82) is 0 Å². The number of benzene rings is 2. The second kappa shape index (κ2) is 5.69. The zero-order valence-corrected chi connectivity index (χ0v) is 10.5. The first-order valence-corrected chi connectivity index (χ1v) is 6.07. The van der Waals surface area contributed by atoms with Crippen molar-refractivity contribution in [1.82, 2.24) is 0 Å². The Morgan fingerprint density at radius 3 is 2.33 bits per heavy atom. The number of carboxylic acid groups (broad SMARTS) is 1. The van der Waals surface area contributed by atoms with E-state index in [1.807, 2.05) is 48.5 Å². The van der Waals surface area contributed by atoms with Crippen LogP contribution < -0.4 is 0 Å². The third-order valence-corrected chi connectivity index (χ3v) is 3.07. The van der Waals surface area contributed by atoms with Crippen LogP contribution in [0.15, 0.2) is 54.6 Å². The molecule has 1 atom stereocenters. The van der Waals surface area contributed by atoms with Crippen molar-refractivity contribution >= 4 is 17.6 Å². The molecule has 0 aliphatic carbocycles. The molecule has 0 unspecified atom stereocenters. The zero-order chi connectivity index (χ0) is 13.0. The summed E-state index contributed by atoms with van der Waals surface area (Å²) in [5.74, 6) is -0.980. The Kier molecular flexibility index (Phi) is 4.00. The number of carbonyl (C=O) groups is 1. The molecule has 2 rings (SSSR count). The normalized spacial score (nSPS) is 12.1. The van der Waals surface area contributed by atoms with Gasteiger partial charge in [-0.1, -0.05) is 54.1 Å². The average Bonchev–Trinajstić information content (AvgIpc) is 2.37. The average molecular weight is 261 g/mol. The van der Waals surface area contributed by atoms with Gasteiger partial charge in [-0.2, -0.15) is 0 Å². The van der Waals surface area contributed by atoms with Gasteiger partial charge in [0.15, 0.2) is 0 Å². The molecule has 2 aromatic carbocycles. The quantitative estimate of drug-likeness (QED) is 0.904. The van der Waals surface area contributed by atoms with Crippen LogP contribution in [0.5, 0.6) is 0 Å². The van der Waals surface area contributed by atoms with Crippen LogP contribution in [0.25, 0.3) is 0 Å². The van der Waals surface area contributed by atoms with E-state index in [1.54, 1.807) is 6.07 Å². The zero-order valence-electron chi connectivity index (χ0n) is 9.71. The molecule has 0 spiro atoms. The minimum atomic E-state index is -0.816. The van der Waals surface area contributed by atoms with Crippen LogP contribution in [0, 0.1) is 0 Å². The summed E-state index contributed by atoms with van der Waals surface area (Å²) in [5.41, 5.74) is 1.92. The topological polar surface area (TPSA) is 37.3 Å². The fraction of sp³-hybridized carbons (Fsp3) is 0.133. The van der Waals surface area contributed by atoms with Crippen molar-refractivity contribution in [2.45, 2.75) is 12.3 Å². The number of carboxylic acids is 1. The minimum Gasteiger partial charge on any atom is -0.481 e. The predicted octanol–water partition coefficient (Wildman–Crippen LogP) is 3.95. The van der Waals surface area contributed by atoms with Crippen molar-refractivity contribution in [3.8, 4) is 0 Å². The maximum absolute atomic E-state index is 11.0. The van der Waals surface area contributed by atoms with Gasteiger partial charge in [0.25, 0.3) is 0 Å². The molecule has 0 radical (unpaired) electrons. The molecule has 2 nitrogen and oxygen atoms in total. The van der Waals surface area contributed by atoms with Crippen LogP contribution in [0.3, 0.4) is 0 Å². The van der Waals surface area contributed by atoms with Gasteiger partial charge in [0.1, 0.15) is 0 Å². The van der Waals surface area contributed by atoms with Crippen molar-refractivity contribution < 1.29 is 9.90 Å². The summed E-state index contributed by atoms with van der Waals surface area (Å²) in [6.45, 7) is 0. The van der Waals surface area contributed by atoms with Gasteiger partial charge in [0.2, 0.25) is 0 Å². The third-order valence-electron chi connectivity index (χ3n) is 2.83. The van der Waals surface area contributed by atoms with E-state index < -0.39 is 5.97 Å². The van der Waals surface area contributed by atoms with E-state index in [0.717, 1.165) is 11.1 Å². The van der Waals surface area contributed by atoms with Crippen LogP contribution in [0.2, 0.25) is 5.02 Å². The highest BCUT2D eigenvalue weighted by Crippen LogP contribution is 2.29. The van der Waals surface area contributed by atoms with Gasteiger partial charge < -0.3 is 5.11 Å². The minimum absolute atomic E-state index is 0.0599. The van der Waals surface area contributed by atoms with Gasteiger partial charge >= 0.3 is 5.97 Å². The van der Waals surface area contributed by atoms with E-state index in [0.29, 0.717) is 5.02 Å². The summed E-state index contributed by atoms with van der Waals surface area (Å²) in [4.78, 5) is 11.0. The monoisotopic (exact) mass is 260 g/mol. The molecule has 1 N–H and O–H groups in total. The number of rotatable bonds is 4. The Balaban J connectivity index is 2.40. The van der Waals surface area contributed by atoms with Gasteiger partial charge in [-0.05, 0) is 23.3 Å². The van der Waals surface area contributed by atoms with Crippen LogP contribution in [0.1, 0.15) is 23.5 Å². The van der Waals surface area contributed by atoms with E-state index in [1.165, 1.54) is 0 Å². The Labute approximate surface area is 111 Å². The molecule has 0 fully saturated rings. The largest absolute Gasteiger partial charge is 0.481 e. The van der Waals surface area contributed by atoms with Crippen molar-refractivity contribution in [3.05, 3.63) is 70.7 Å². The van der Waals surface area contributed by atoms with E-state index in [4.69, 9.17) is 16.7 Å². The van der Waals surface area contributed by atoms with Crippen LogP contribution in [-0.2, 0) is 4.79 Å². The van der Waals surface area contributed by atoms with E-state index in [-0.39, 0.29) is 12.3 Å². The lowest BCUT2D eigenvalue weighted by Gasteiger charge is -2.16. The molecular weight excluding hydrogens is 248 g/mol. The number of aliphatic carboxylic acids is 1. The molecular formula is C15H13ClO2. The maximum atomic E-state index is 11.0. The second-order valence-corrected chi connectivity index (χ2v) is 4.55. The molecule has 92 valence electrons. The summed E-state index contributed by atoms with van der Waals surface area (Å²) in [5, 5.41) is 9.67. The number of hydrogen-bond donors (Lipinski definition) is 1. The molecule has 2 aromatic rings. The van der Waals surface area contributed by atoms with Crippen molar-refractivity contribution in [2.24, 2.45) is 0 Å². The standard InChI is InChI=1S/C15H13ClO2/c16-13-8-4-7-12(9-13)14(10-15(17)18)11-5-2-1-3-6-11/h1-9,14H,10H2,(H,17,18)/t14-/m1/s1. The molecule has 0 bridgehead atoms. The molecule has 18 heavy (non-hydrogen) atoms. The van der Waals surface area contributed by atoms with Gasteiger partial charge in [-0.25, -0.2) is 0 Å². The molecule has 0 aliphatic rings. The van der Waals surface area contributed by atoms with E-state index in [2.05, 4.69) is 0 Å². The lowest BCUT2D eigenvalue weighted by molar-refractivity contribution is -0.137. The highest BCUT2D eigenvalue weighted by atomic mass is 35.5. The highest BCUT2D eigenvalue weighted by Gasteiger charge is 2.17. The summed E-state index contributed by atoms with van der Waals surface area (Å²) >= 11 is 5.97. The van der Waals surface area contributed by atoms with Crippen LogP contribution >= 0.6 is 11.6 Å². The van der Waals surface area contributed by atoms with Crippen molar-refractivity contribution in [2.75, 3.05) is 0 Å². The molecule has 0 amide bonds. The Bertz CT molecular complexity index is 537. The van der Waals surface area contributed by atoms with E-state index >= 15 is 0 Å². The second-order valence-electron chi connectivity index (χ2n) is 4.12. The first-order valence-electron chi connectivity index (χ1n) is 5.69. The van der Waals surface area contributed by atoms with Crippen LogP contribution in [0.4, 0.5) is 0 Å². The molecule has 3 heteroatoms. The summed E-state index contributed by atoms with van der Waals surface area (Å²) < 4.78 is 0. The summed E-state index contributed by atoms with van der Waals surface area (Å²) in [6.07, 6.45) is 0.0599. The highest BCUT2D eigenvalue weighted by molar-refractivity contribution is 6.30. The fourth-order valence-corrected chi connectivity index (χ4v) is 2.21. The van der Waals surface area contributed by atoms with Crippen LogP contribution in [-0.4, -0.2) is 11.1 Å². The summed E-state index contributed by atoms with van der Waals surface area (Å²) in [6, 6.07) is 17.0. The van der Waals surface area contributed by atoms with Gasteiger partial charge in [0.05, 0.1) is 6.42 Å². The van der Waals surface area contributed by atoms with Gasteiger partial charge in [0, 0.05) is 10.9 Å². The lowest BCUT2D eigenvalue weighted by Crippen LogP contribution is -2.07. The third kappa shape index (κ3) is 3.11. The number of halogens is 1. The molecule has 0 saturated carbocycles. The Hall–Kier alpha value is -1.80. The number of hydrogen-bond acceptors (Lipinski definition) is 1. The molecule has 0 aromatic heterocycles. The van der Waals surface area contributed by atoms with Crippen molar-refractivity contribution in [3.63, 3.8) is 0 Å². The molecule has 0 heterocycles. The van der Waals surface area contributed by atoms with Gasteiger partial charge in [-0.3, -0.25) is 4.79 Å². The lowest BCUT2D eigenvalue weighted by atomic mass is 9.89. The smallest absolute Gasteiger partial charge is 0.304 e. The first-order chi connectivity index (χ1) is 8.66. The molecule has 0 saturated heterocycles. The first kappa shape index (κ1) is 12.7. The van der Waals surface area contributed by atoms with Gasteiger partial charge in [-0.15, -0.1) is 0 Å². The SMILES string of the molecule is O=C(O)C[C@H](c1ccccc1)c1cccc(Cl)c1. The Morgan fingerprint density at radius 2 is 1.72 bits per heavy atom.